The Morgan fingerprint density at radius 1 is 1.26 bits per heavy atom. The van der Waals surface area contributed by atoms with E-state index in [0.29, 0.717) is 0 Å². The molecule has 0 heterocycles. The molecule has 0 spiro atoms. The van der Waals surface area contributed by atoms with Crippen molar-refractivity contribution in [2.75, 3.05) is 6.61 Å². The number of amides is 1. The summed E-state index contributed by atoms with van der Waals surface area (Å²) in [6, 6.07) is 7.83. The first kappa shape index (κ1) is 19.1. The summed E-state index contributed by atoms with van der Waals surface area (Å²) in [5, 5.41) is 12.0. The summed E-state index contributed by atoms with van der Waals surface area (Å²) in [5.41, 5.74) is 6.30. The zero-order valence-corrected chi connectivity index (χ0v) is 13.9. The minimum absolute atomic E-state index is 0.148. The SMILES string of the molecule is CC(C)(C)C(CO)NC(=O)[C@H](N)CC(=O)OCc1ccccc1. The van der Waals surface area contributed by atoms with Crippen molar-refractivity contribution in [1.29, 1.82) is 0 Å². The van der Waals surface area contributed by atoms with Crippen LogP contribution in [0.1, 0.15) is 32.8 Å². The Bertz CT molecular complexity index is 511. The van der Waals surface area contributed by atoms with Gasteiger partial charge in [-0.2, -0.15) is 0 Å². The number of hydrogen-bond acceptors (Lipinski definition) is 5. The van der Waals surface area contributed by atoms with Gasteiger partial charge in [0.25, 0.3) is 0 Å². The average Bonchev–Trinajstić information content (AvgIpc) is 2.50. The van der Waals surface area contributed by atoms with Crippen molar-refractivity contribution in [3.8, 4) is 0 Å². The van der Waals surface area contributed by atoms with Crippen LogP contribution in [0, 0.1) is 5.41 Å². The summed E-state index contributed by atoms with van der Waals surface area (Å²) in [7, 11) is 0. The van der Waals surface area contributed by atoms with Gasteiger partial charge in [0.1, 0.15) is 6.61 Å². The molecule has 1 unspecified atom stereocenters. The largest absolute Gasteiger partial charge is 0.461 e. The molecule has 0 saturated carbocycles. The second kappa shape index (κ2) is 8.64. The van der Waals surface area contributed by atoms with Gasteiger partial charge in [0.2, 0.25) is 5.91 Å². The molecular formula is C17H26N2O4. The molecule has 0 aliphatic rings. The van der Waals surface area contributed by atoms with Gasteiger partial charge in [-0.25, -0.2) is 0 Å². The van der Waals surface area contributed by atoms with E-state index >= 15 is 0 Å². The summed E-state index contributed by atoms with van der Waals surface area (Å²) in [4.78, 5) is 23.8. The van der Waals surface area contributed by atoms with Gasteiger partial charge >= 0.3 is 5.97 Å². The van der Waals surface area contributed by atoms with Gasteiger partial charge in [-0.15, -0.1) is 0 Å². The molecule has 1 amide bonds. The van der Waals surface area contributed by atoms with Gasteiger partial charge in [-0.1, -0.05) is 51.1 Å². The monoisotopic (exact) mass is 322 g/mol. The molecule has 0 radical (unpaired) electrons. The van der Waals surface area contributed by atoms with Crippen LogP contribution in [0.3, 0.4) is 0 Å². The van der Waals surface area contributed by atoms with Crippen molar-refractivity contribution in [2.24, 2.45) is 11.1 Å². The van der Waals surface area contributed by atoms with Crippen molar-refractivity contribution < 1.29 is 19.4 Å². The van der Waals surface area contributed by atoms with E-state index in [1.807, 2.05) is 51.1 Å². The minimum Gasteiger partial charge on any atom is -0.461 e. The summed E-state index contributed by atoms with van der Waals surface area (Å²) < 4.78 is 5.10. The molecule has 0 aliphatic carbocycles. The maximum atomic E-state index is 12.0. The molecule has 6 heteroatoms. The van der Waals surface area contributed by atoms with Crippen LogP contribution in [0.4, 0.5) is 0 Å². The van der Waals surface area contributed by atoms with Gasteiger partial charge in [-0.05, 0) is 11.0 Å². The third-order valence-corrected chi connectivity index (χ3v) is 3.51. The van der Waals surface area contributed by atoms with Crippen LogP contribution in [0.25, 0.3) is 0 Å². The standard InChI is InChI=1S/C17H26N2O4/c1-17(2,3)14(10-20)19-16(22)13(18)9-15(21)23-11-12-7-5-4-6-8-12/h4-8,13-14,20H,9-11,18H2,1-3H3,(H,19,22)/t13-,14?/m1/s1. The first-order valence-electron chi connectivity index (χ1n) is 7.60. The Balaban J connectivity index is 2.43. The lowest BCUT2D eigenvalue weighted by molar-refractivity contribution is -0.146. The first-order valence-corrected chi connectivity index (χ1v) is 7.60. The normalized spacial score (nSPS) is 14.0. The molecule has 0 bridgehead atoms. The van der Waals surface area contributed by atoms with Gasteiger partial charge < -0.3 is 20.9 Å². The summed E-state index contributed by atoms with van der Waals surface area (Å²) in [6.07, 6.45) is -0.207. The first-order chi connectivity index (χ1) is 10.7. The van der Waals surface area contributed by atoms with Gasteiger partial charge in [0, 0.05) is 0 Å². The third-order valence-electron chi connectivity index (χ3n) is 3.51. The molecule has 0 saturated heterocycles. The van der Waals surface area contributed by atoms with Gasteiger partial charge in [0.15, 0.2) is 0 Å². The minimum atomic E-state index is -1.00. The van der Waals surface area contributed by atoms with E-state index in [1.54, 1.807) is 0 Å². The van der Waals surface area contributed by atoms with Crippen LogP contribution >= 0.6 is 0 Å². The van der Waals surface area contributed by atoms with Crippen LogP contribution in [0.15, 0.2) is 30.3 Å². The zero-order valence-electron chi connectivity index (χ0n) is 13.9. The maximum Gasteiger partial charge on any atom is 0.308 e. The molecule has 0 fully saturated rings. The number of aliphatic hydroxyl groups excluding tert-OH is 1. The van der Waals surface area contributed by atoms with Gasteiger partial charge in [-0.3, -0.25) is 9.59 Å². The topological polar surface area (TPSA) is 102 Å². The highest BCUT2D eigenvalue weighted by Gasteiger charge is 2.28. The van der Waals surface area contributed by atoms with E-state index < -0.39 is 24.0 Å². The molecule has 1 aromatic carbocycles. The Hall–Kier alpha value is -1.92. The highest BCUT2D eigenvalue weighted by molar-refractivity contribution is 5.86. The number of ether oxygens (including phenoxy) is 1. The number of nitrogens with two attached hydrogens (primary N) is 1. The lowest BCUT2D eigenvalue weighted by atomic mass is 9.87. The molecule has 2 atom stereocenters. The Morgan fingerprint density at radius 3 is 2.39 bits per heavy atom. The fourth-order valence-corrected chi connectivity index (χ4v) is 1.88. The van der Waals surface area contributed by atoms with E-state index in [4.69, 9.17) is 10.5 Å². The lowest BCUT2D eigenvalue weighted by Gasteiger charge is -2.30. The average molecular weight is 322 g/mol. The molecule has 1 aromatic rings. The number of aliphatic hydroxyl groups is 1. The van der Waals surface area contributed by atoms with Crippen molar-refractivity contribution in [1.82, 2.24) is 5.32 Å². The van der Waals surface area contributed by atoms with Crippen LogP contribution < -0.4 is 11.1 Å². The number of hydrogen-bond donors (Lipinski definition) is 3. The predicted molar refractivity (Wildman–Crippen MR) is 87.3 cm³/mol. The summed E-state index contributed by atoms with van der Waals surface area (Å²) in [5.74, 6) is -1.01. The molecule has 1 rings (SSSR count). The lowest BCUT2D eigenvalue weighted by Crippen LogP contribution is -2.52. The zero-order chi connectivity index (χ0) is 17.5. The van der Waals surface area contributed by atoms with E-state index in [0.717, 1.165) is 5.56 Å². The second-order valence-corrected chi connectivity index (χ2v) is 6.57. The fourth-order valence-electron chi connectivity index (χ4n) is 1.88. The highest BCUT2D eigenvalue weighted by Crippen LogP contribution is 2.18. The highest BCUT2D eigenvalue weighted by atomic mass is 16.5. The van der Waals surface area contributed by atoms with E-state index in [2.05, 4.69) is 5.32 Å². The van der Waals surface area contributed by atoms with Crippen molar-refractivity contribution in [3.63, 3.8) is 0 Å². The summed E-state index contributed by atoms with van der Waals surface area (Å²) in [6.45, 7) is 5.64. The van der Waals surface area contributed by atoms with Crippen molar-refractivity contribution in [2.45, 2.75) is 45.9 Å². The summed E-state index contributed by atoms with van der Waals surface area (Å²) >= 11 is 0. The molecule has 0 aliphatic heterocycles. The number of rotatable bonds is 7. The van der Waals surface area contributed by atoms with Gasteiger partial charge in [0.05, 0.1) is 25.1 Å². The van der Waals surface area contributed by atoms with Crippen molar-refractivity contribution >= 4 is 11.9 Å². The fraction of sp³-hybridized carbons (Fsp3) is 0.529. The second-order valence-electron chi connectivity index (χ2n) is 6.57. The predicted octanol–water partition coefficient (Wildman–Crippen LogP) is 0.970. The van der Waals surface area contributed by atoms with Crippen molar-refractivity contribution in [3.05, 3.63) is 35.9 Å². The van der Waals surface area contributed by atoms with E-state index in [-0.39, 0.29) is 25.0 Å². The van der Waals surface area contributed by atoms with Crippen LogP contribution in [-0.4, -0.2) is 35.7 Å². The molecule has 128 valence electrons. The number of nitrogens with one attached hydrogen (secondary N) is 1. The molecular weight excluding hydrogens is 296 g/mol. The van der Waals surface area contributed by atoms with E-state index in [1.165, 1.54) is 0 Å². The van der Waals surface area contributed by atoms with Crippen LogP contribution in [0.5, 0.6) is 0 Å². The Labute approximate surface area is 137 Å². The Kier molecular flexibility index (Phi) is 7.19. The number of carbonyl (C=O) groups is 2. The van der Waals surface area contributed by atoms with E-state index in [9.17, 15) is 14.7 Å². The quantitative estimate of drug-likeness (QED) is 0.649. The number of benzene rings is 1. The smallest absolute Gasteiger partial charge is 0.308 e. The molecule has 6 nitrogen and oxygen atoms in total. The number of carbonyl (C=O) groups excluding carboxylic acids is 2. The van der Waals surface area contributed by atoms with Crippen LogP contribution in [0.2, 0.25) is 0 Å². The molecule has 4 N–H and O–H groups in total. The Morgan fingerprint density at radius 2 is 1.87 bits per heavy atom. The molecule has 23 heavy (non-hydrogen) atoms. The molecule has 0 aromatic heterocycles. The third kappa shape index (κ3) is 6.80. The van der Waals surface area contributed by atoms with Crippen LogP contribution in [-0.2, 0) is 20.9 Å². The maximum absolute atomic E-state index is 12.0. The number of esters is 1.